The maximum absolute atomic E-state index is 12.5. The van der Waals surface area contributed by atoms with Crippen LogP contribution in [0.5, 0.6) is 0 Å². The van der Waals surface area contributed by atoms with Gasteiger partial charge in [0, 0.05) is 57.8 Å². The summed E-state index contributed by atoms with van der Waals surface area (Å²) >= 11 is 0. The Morgan fingerprint density at radius 2 is 1.56 bits per heavy atom. The Morgan fingerprint density at radius 3 is 2.24 bits per heavy atom. The number of carbonyl (C=O) groups is 1. The fraction of sp³-hybridized carbons (Fsp3) is 0.476. The van der Waals surface area contributed by atoms with E-state index in [1.165, 1.54) is 5.39 Å². The Morgan fingerprint density at radius 1 is 0.920 bits per heavy atom. The first-order chi connectivity index (χ1) is 12.1. The number of hydrogen-bond donors (Lipinski definition) is 0. The standard InChI is InChI=1S/C21H29N3O/c1-22(2)11-12-24-15-13-23(14-16-24)10-9-21(25)20-8-7-18-5-3-4-6-19(18)17-20/h3-8,17H,9-16H2,1-2H3. The summed E-state index contributed by atoms with van der Waals surface area (Å²) < 4.78 is 0. The first-order valence-electron chi connectivity index (χ1n) is 9.23. The smallest absolute Gasteiger partial charge is 0.164 e. The molecular formula is C21H29N3O. The molecule has 0 N–H and O–H groups in total. The Balaban J connectivity index is 1.46. The van der Waals surface area contributed by atoms with Crippen LogP contribution in [0, 0.1) is 0 Å². The molecule has 1 fully saturated rings. The number of hydrogen-bond acceptors (Lipinski definition) is 4. The Kier molecular flexibility index (Phi) is 6.19. The van der Waals surface area contributed by atoms with Crippen LogP contribution in [0.4, 0.5) is 0 Å². The Bertz CT molecular complexity index is 705. The van der Waals surface area contributed by atoms with Gasteiger partial charge in [-0.25, -0.2) is 0 Å². The van der Waals surface area contributed by atoms with Crippen LogP contribution >= 0.6 is 0 Å². The number of piperazine rings is 1. The lowest BCUT2D eigenvalue weighted by atomic mass is 10.0. The van der Waals surface area contributed by atoms with E-state index in [1.54, 1.807) is 0 Å². The number of carbonyl (C=O) groups excluding carboxylic acids is 1. The number of rotatable bonds is 7. The van der Waals surface area contributed by atoms with Crippen LogP contribution in [0.15, 0.2) is 42.5 Å². The fourth-order valence-electron chi connectivity index (χ4n) is 3.34. The number of fused-ring (bicyclic) bond motifs is 1. The van der Waals surface area contributed by atoms with Crippen molar-refractivity contribution in [2.45, 2.75) is 6.42 Å². The van der Waals surface area contributed by atoms with E-state index in [2.05, 4.69) is 40.9 Å². The van der Waals surface area contributed by atoms with Gasteiger partial charge in [-0.1, -0.05) is 36.4 Å². The molecule has 1 aliphatic rings. The van der Waals surface area contributed by atoms with Gasteiger partial charge in [0.05, 0.1) is 0 Å². The van der Waals surface area contributed by atoms with E-state index in [-0.39, 0.29) is 5.78 Å². The molecule has 2 aromatic rings. The number of benzene rings is 2. The fourth-order valence-corrected chi connectivity index (χ4v) is 3.34. The maximum atomic E-state index is 12.5. The third kappa shape index (κ3) is 5.11. The molecule has 1 saturated heterocycles. The summed E-state index contributed by atoms with van der Waals surface area (Å²) in [6.45, 7) is 7.47. The zero-order valence-electron chi connectivity index (χ0n) is 15.4. The molecule has 25 heavy (non-hydrogen) atoms. The van der Waals surface area contributed by atoms with Crippen molar-refractivity contribution in [1.29, 1.82) is 0 Å². The molecule has 0 atom stereocenters. The Hall–Kier alpha value is -1.75. The Labute approximate surface area is 151 Å². The monoisotopic (exact) mass is 339 g/mol. The molecule has 0 aliphatic carbocycles. The average molecular weight is 339 g/mol. The predicted octanol–water partition coefficient (Wildman–Crippen LogP) is 2.59. The van der Waals surface area contributed by atoms with Gasteiger partial charge < -0.3 is 9.80 Å². The highest BCUT2D eigenvalue weighted by molar-refractivity contribution is 6.00. The molecular weight excluding hydrogens is 310 g/mol. The summed E-state index contributed by atoms with van der Waals surface area (Å²) in [5.41, 5.74) is 0.836. The molecule has 1 heterocycles. The minimum absolute atomic E-state index is 0.251. The zero-order valence-corrected chi connectivity index (χ0v) is 15.4. The first-order valence-corrected chi connectivity index (χ1v) is 9.23. The molecule has 0 radical (unpaired) electrons. The molecule has 0 saturated carbocycles. The second kappa shape index (κ2) is 8.56. The number of likely N-dealkylation sites (N-methyl/N-ethyl adjacent to an activating group) is 1. The highest BCUT2D eigenvalue weighted by atomic mass is 16.1. The molecule has 2 aromatic carbocycles. The van der Waals surface area contributed by atoms with Crippen molar-refractivity contribution in [3.63, 3.8) is 0 Å². The summed E-state index contributed by atoms with van der Waals surface area (Å²) in [4.78, 5) is 19.7. The van der Waals surface area contributed by atoms with Crippen LogP contribution in [-0.4, -0.2) is 80.4 Å². The highest BCUT2D eigenvalue weighted by Gasteiger charge is 2.17. The lowest BCUT2D eigenvalue weighted by Gasteiger charge is -2.35. The van der Waals surface area contributed by atoms with Crippen LogP contribution in [-0.2, 0) is 0 Å². The molecule has 0 amide bonds. The van der Waals surface area contributed by atoms with E-state index in [9.17, 15) is 4.79 Å². The van der Waals surface area contributed by atoms with Gasteiger partial charge >= 0.3 is 0 Å². The normalized spacial score (nSPS) is 16.6. The van der Waals surface area contributed by atoms with E-state index < -0.39 is 0 Å². The molecule has 0 spiro atoms. The van der Waals surface area contributed by atoms with Crippen molar-refractivity contribution in [2.24, 2.45) is 0 Å². The molecule has 0 aromatic heterocycles. The molecule has 134 valence electrons. The third-order valence-corrected chi connectivity index (χ3v) is 5.05. The minimum atomic E-state index is 0.251. The molecule has 4 nitrogen and oxygen atoms in total. The molecule has 0 unspecified atom stereocenters. The summed E-state index contributed by atoms with van der Waals surface area (Å²) in [6.07, 6.45) is 0.607. The summed E-state index contributed by atoms with van der Waals surface area (Å²) in [5.74, 6) is 0.251. The van der Waals surface area contributed by atoms with Gasteiger partial charge in [-0.15, -0.1) is 0 Å². The van der Waals surface area contributed by atoms with Crippen molar-refractivity contribution < 1.29 is 4.79 Å². The molecule has 3 rings (SSSR count). The van der Waals surface area contributed by atoms with Crippen molar-refractivity contribution >= 4 is 16.6 Å². The van der Waals surface area contributed by atoms with Crippen LogP contribution in [0.1, 0.15) is 16.8 Å². The van der Waals surface area contributed by atoms with Crippen LogP contribution in [0.2, 0.25) is 0 Å². The van der Waals surface area contributed by atoms with E-state index in [0.717, 1.165) is 56.8 Å². The zero-order chi connectivity index (χ0) is 17.6. The topological polar surface area (TPSA) is 26.8 Å². The maximum Gasteiger partial charge on any atom is 0.164 e. The summed E-state index contributed by atoms with van der Waals surface area (Å²) in [5, 5.41) is 2.33. The average Bonchev–Trinajstić information content (AvgIpc) is 2.64. The number of Topliss-reactive ketones (excluding diaryl/α,β-unsaturated/α-hetero) is 1. The van der Waals surface area contributed by atoms with E-state index in [1.807, 2.05) is 30.3 Å². The van der Waals surface area contributed by atoms with Crippen LogP contribution in [0.3, 0.4) is 0 Å². The van der Waals surface area contributed by atoms with E-state index >= 15 is 0 Å². The molecule has 1 aliphatic heterocycles. The lowest BCUT2D eigenvalue weighted by Crippen LogP contribution is -2.48. The van der Waals surface area contributed by atoms with Crippen molar-refractivity contribution in [3.8, 4) is 0 Å². The second-order valence-electron chi connectivity index (χ2n) is 7.22. The predicted molar refractivity (Wildman–Crippen MR) is 104 cm³/mol. The minimum Gasteiger partial charge on any atom is -0.308 e. The summed E-state index contributed by atoms with van der Waals surface area (Å²) in [6, 6.07) is 14.2. The van der Waals surface area contributed by atoms with E-state index in [0.29, 0.717) is 6.42 Å². The lowest BCUT2D eigenvalue weighted by molar-refractivity contribution is 0.0922. The quantitative estimate of drug-likeness (QED) is 0.725. The van der Waals surface area contributed by atoms with Gasteiger partial charge in [0.25, 0.3) is 0 Å². The van der Waals surface area contributed by atoms with Gasteiger partial charge in [-0.05, 0) is 30.9 Å². The number of ketones is 1. The first kappa shape index (κ1) is 18.1. The van der Waals surface area contributed by atoms with Gasteiger partial charge in [-0.2, -0.15) is 0 Å². The van der Waals surface area contributed by atoms with E-state index in [4.69, 9.17) is 0 Å². The summed E-state index contributed by atoms with van der Waals surface area (Å²) in [7, 11) is 4.24. The van der Waals surface area contributed by atoms with Crippen molar-refractivity contribution in [1.82, 2.24) is 14.7 Å². The highest BCUT2D eigenvalue weighted by Crippen LogP contribution is 2.17. The largest absolute Gasteiger partial charge is 0.308 e. The second-order valence-corrected chi connectivity index (χ2v) is 7.22. The third-order valence-electron chi connectivity index (χ3n) is 5.05. The van der Waals surface area contributed by atoms with Gasteiger partial charge in [-0.3, -0.25) is 9.69 Å². The van der Waals surface area contributed by atoms with Crippen LogP contribution < -0.4 is 0 Å². The van der Waals surface area contributed by atoms with Gasteiger partial charge in [0.2, 0.25) is 0 Å². The SMILES string of the molecule is CN(C)CCN1CCN(CCC(=O)c2ccc3ccccc3c2)CC1. The van der Waals surface area contributed by atoms with Gasteiger partial charge in [0.15, 0.2) is 5.78 Å². The van der Waals surface area contributed by atoms with Gasteiger partial charge in [0.1, 0.15) is 0 Å². The van der Waals surface area contributed by atoms with Crippen molar-refractivity contribution in [2.75, 3.05) is 59.9 Å². The van der Waals surface area contributed by atoms with Crippen molar-refractivity contribution in [3.05, 3.63) is 48.0 Å². The molecule has 0 bridgehead atoms. The number of nitrogens with zero attached hydrogens (tertiary/aromatic N) is 3. The molecule has 4 heteroatoms. The van der Waals surface area contributed by atoms with Crippen LogP contribution in [0.25, 0.3) is 10.8 Å².